The maximum absolute atomic E-state index is 5.99. The average Bonchev–Trinajstić information content (AvgIpc) is 3.25. The lowest BCUT2D eigenvalue weighted by Gasteiger charge is -2.14. The second-order valence-electron chi connectivity index (χ2n) is 6.19. The lowest BCUT2D eigenvalue weighted by atomic mass is 9.96. The number of H-pyrrole nitrogens is 1. The molecule has 0 amide bonds. The van der Waals surface area contributed by atoms with E-state index in [0.29, 0.717) is 0 Å². The van der Waals surface area contributed by atoms with Crippen LogP contribution in [0, 0.1) is 0 Å². The third kappa shape index (κ3) is 2.58. The Balaban J connectivity index is 1.59. The van der Waals surface area contributed by atoms with E-state index in [1.165, 1.54) is 18.4 Å². The van der Waals surface area contributed by atoms with Crippen molar-refractivity contribution in [1.29, 1.82) is 0 Å². The number of hydrogen-bond donors (Lipinski definition) is 1. The van der Waals surface area contributed by atoms with Crippen molar-refractivity contribution in [2.45, 2.75) is 30.8 Å². The third-order valence-corrected chi connectivity index (χ3v) is 5.80. The molecule has 3 heterocycles. The van der Waals surface area contributed by atoms with E-state index in [9.17, 15) is 0 Å². The smallest absolute Gasteiger partial charge is 0.212 e. The summed E-state index contributed by atoms with van der Waals surface area (Å²) in [6.45, 7) is 0. The van der Waals surface area contributed by atoms with Crippen molar-refractivity contribution in [2.75, 3.05) is 5.75 Å². The van der Waals surface area contributed by atoms with E-state index in [-0.39, 0.29) is 0 Å². The summed E-state index contributed by atoms with van der Waals surface area (Å²) in [6.07, 6.45) is 4.45. The zero-order chi connectivity index (χ0) is 16.8. The molecule has 2 aliphatic rings. The number of fused-ring (bicyclic) bond motifs is 2. The molecule has 0 saturated heterocycles. The summed E-state index contributed by atoms with van der Waals surface area (Å²) in [7, 11) is 0. The lowest BCUT2D eigenvalue weighted by molar-refractivity contribution is 0.674. The first-order valence-electron chi connectivity index (χ1n) is 8.28. The number of aromatic amines is 1. The van der Waals surface area contributed by atoms with Gasteiger partial charge in [-0.15, -0.1) is 10.2 Å². The van der Waals surface area contributed by atoms with E-state index in [2.05, 4.69) is 20.4 Å². The molecule has 0 unspecified atom stereocenters. The highest BCUT2D eigenvalue weighted by atomic mass is 35.5. The number of rotatable bonds is 2. The molecule has 8 heteroatoms. The molecule has 126 valence electrons. The predicted octanol–water partition coefficient (Wildman–Crippen LogP) is 3.56. The molecule has 5 rings (SSSR count). The number of benzene rings is 1. The normalized spacial score (nSPS) is 16.3. The van der Waals surface area contributed by atoms with E-state index in [1.807, 2.05) is 28.9 Å². The minimum absolute atomic E-state index is 0.725. The monoisotopic (exact) mass is 370 g/mol. The fourth-order valence-electron chi connectivity index (χ4n) is 3.33. The van der Waals surface area contributed by atoms with Crippen molar-refractivity contribution in [1.82, 2.24) is 25.1 Å². The maximum atomic E-state index is 5.99. The number of nitrogens with zero attached hydrogens (tertiary/aromatic N) is 5. The Morgan fingerprint density at radius 3 is 2.80 bits per heavy atom. The Morgan fingerprint density at radius 1 is 1.08 bits per heavy atom. The highest BCUT2D eigenvalue weighted by molar-refractivity contribution is 7.99. The molecule has 25 heavy (non-hydrogen) atoms. The largest absolute Gasteiger partial charge is 0.274 e. The molecule has 0 bridgehead atoms. The van der Waals surface area contributed by atoms with Crippen LogP contribution in [0.2, 0.25) is 5.02 Å². The summed E-state index contributed by atoms with van der Waals surface area (Å²) in [5, 5.41) is 22.7. The second-order valence-corrected chi connectivity index (χ2v) is 7.57. The van der Waals surface area contributed by atoms with Gasteiger partial charge in [-0.3, -0.25) is 5.10 Å². The number of halogens is 1. The van der Waals surface area contributed by atoms with E-state index in [4.69, 9.17) is 16.7 Å². The van der Waals surface area contributed by atoms with Gasteiger partial charge < -0.3 is 0 Å². The fraction of sp³-hybridized carbons (Fsp3) is 0.294. The Morgan fingerprint density at radius 2 is 1.92 bits per heavy atom. The highest BCUT2D eigenvalue weighted by Crippen LogP contribution is 2.32. The van der Waals surface area contributed by atoms with Crippen molar-refractivity contribution in [2.24, 2.45) is 5.10 Å². The van der Waals surface area contributed by atoms with Crippen LogP contribution >= 0.6 is 23.4 Å². The summed E-state index contributed by atoms with van der Waals surface area (Å²) in [5.74, 6) is 1.50. The predicted molar refractivity (Wildman–Crippen MR) is 98.4 cm³/mol. The van der Waals surface area contributed by atoms with E-state index in [0.717, 1.165) is 57.3 Å². The SMILES string of the molecule is Clc1ccc(C2=Nn3c(nnc3-c3[nH]nc4c3CCCC4)SC2)cc1. The molecule has 0 saturated carbocycles. The van der Waals surface area contributed by atoms with Gasteiger partial charge in [-0.2, -0.15) is 14.9 Å². The number of aromatic nitrogens is 5. The van der Waals surface area contributed by atoms with Gasteiger partial charge in [-0.05, 0) is 43.4 Å². The van der Waals surface area contributed by atoms with Crippen molar-refractivity contribution in [3.8, 4) is 11.5 Å². The van der Waals surface area contributed by atoms with E-state index in [1.54, 1.807) is 11.8 Å². The molecule has 2 aromatic heterocycles. The zero-order valence-corrected chi connectivity index (χ0v) is 14.9. The number of nitrogens with one attached hydrogen (secondary N) is 1. The molecule has 0 atom stereocenters. The molecule has 0 radical (unpaired) electrons. The Bertz CT molecular complexity index is 972. The van der Waals surface area contributed by atoms with Gasteiger partial charge in [-0.1, -0.05) is 35.5 Å². The summed E-state index contributed by atoms with van der Waals surface area (Å²) in [6, 6.07) is 7.76. The van der Waals surface area contributed by atoms with Crippen molar-refractivity contribution in [3.63, 3.8) is 0 Å². The molecule has 1 aromatic carbocycles. The molecule has 3 aromatic rings. The first-order valence-corrected chi connectivity index (χ1v) is 9.64. The van der Waals surface area contributed by atoms with Gasteiger partial charge in [0.1, 0.15) is 5.69 Å². The number of thioether (sulfide) groups is 1. The van der Waals surface area contributed by atoms with Crippen LogP contribution in [0.3, 0.4) is 0 Å². The molecule has 6 nitrogen and oxygen atoms in total. The zero-order valence-electron chi connectivity index (χ0n) is 13.4. The molecule has 1 aliphatic heterocycles. The van der Waals surface area contributed by atoms with Crippen LogP contribution in [0.1, 0.15) is 29.7 Å². The third-order valence-electron chi connectivity index (χ3n) is 4.61. The van der Waals surface area contributed by atoms with E-state index >= 15 is 0 Å². The quantitative estimate of drug-likeness (QED) is 0.748. The molecule has 0 spiro atoms. The van der Waals surface area contributed by atoms with Crippen LogP contribution in [-0.2, 0) is 12.8 Å². The average molecular weight is 371 g/mol. The minimum atomic E-state index is 0.725. The van der Waals surface area contributed by atoms with Gasteiger partial charge in [0.25, 0.3) is 0 Å². The molecular weight excluding hydrogens is 356 g/mol. The van der Waals surface area contributed by atoms with Crippen LogP contribution in [-0.4, -0.2) is 36.5 Å². The van der Waals surface area contributed by atoms with Gasteiger partial charge in [0, 0.05) is 16.3 Å². The highest BCUT2D eigenvalue weighted by Gasteiger charge is 2.25. The Kier molecular flexibility index (Phi) is 3.64. The Hall–Kier alpha value is -2.12. The summed E-state index contributed by atoms with van der Waals surface area (Å²) >= 11 is 7.64. The first kappa shape index (κ1) is 15.2. The Labute approximate surface area is 153 Å². The molecular formula is C17H15ClN6S. The fourth-order valence-corrected chi connectivity index (χ4v) is 4.29. The lowest BCUT2D eigenvalue weighted by Crippen LogP contribution is -2.14. The summed E-state index contributed by atoms with van der Waals surface area (Å²) in [5.41, 5.74) is 5.43. The van der Waals surface area contributed by atoms with Crippen LogP contribution in [0.15, 0.2) is 34.5 Å². The maximum Gasteiger partial charge on any atom is 0.212 e. The second kappa shape index (κ2) is 6.00. The van der Waals surface area contributed by atoms with Crippen LogP contribution < -0.4 is 0 Å². The van der Waals surface area contributed by atoms with Gasteiger partial charge in [0.05, 0.1) is 11.4 Å². The van der Waals surface area contributed by atoms with Gasteiger partial charge in [-0.25, -0.2) is 0 Å². The van der Waals surface area contributed by atoms with Gasteiger partial charge >= 0.3 is 0 Å². The minimum Gasteiger partial charge on any atom is -0.274 e. The van der Waals surface area contributed by atoms with Gasteiger partial charge in [0.2, 0.25) is 11.0 Å². The standard InChI is InChI=1S/C17H15ClN6S/c18-11-7-5-10(6-8-11)14-9-25-17-22-21-16(24(17)23-14)15-12-3-1-2-4-13(12)19-20-15/h5-8H,1-4,9H2,(H,19,20). The topological polar surface area (TPSA) is 71.8 Å². The van der Waals surface area contributed by atoms with Crippen molar-refractivity contribution in [3.05, 3.63) is 46.1 Å². The summed E-state index contributed by atoms with van der Waals surface area (Å²) in [4.78, 5) is 0. The van der Waals surface area contributed by atoms with Crippen LogP contribution in [0.25, 0.3) is 11.5 Å². The molecule has 1 N–H and O–H groups in total. The van der Waals surface area contributed by atoms with Gasteiger partial charge in [0.15, 0.2) is 0 Å². The summed E-state index contributed by atoms with van der Waals surface area (Å²) < 4.78 is 1.83. The molecule has 0 fully saturated rings. The van der Waals surface area contributed by atoms with Crippen molar-refractivity contribution < 1.29 is 0 Å². The molecule has 1 aliphatic carbocycles. The van der Waals surface area contributed by atoms with E-state index < -0.39 is 0 Å². The van der Waals surface area contributed by atoms with Crippen LogP contribution in [0.5, 0.6) is 0 Å². The number of hydrogen-bond acceptors (Lipinski definition) is 5. The first-order chi connectivity index (χ1) is 12.3. The van der Waals surface area contributed by atoms with Crippen molar-refractivity contribution >= 4 is 29.1 Å². The number of aryl methyl sites for hydroxylation is 1. The van der Waals surface area contributed by atoms with Crippen LogP contribution in [0.4, 0.5) is 0 Å².